The molecular weight excluding hydrogens is 264 g/mol. The molecule has 3 aliphatic rings. The molecule has 2 aliphatic carbocycles. The first-order valence-corrected chi connectivity index (χ1v) is 8.35. The predicted molar refractivity (Wildman–Crippen MR) is 78.4 cm³/mol. The minimum Gasteiger partial charge on any atom is -0.338 e. The van der Waals surface area contributed by atoms with Crippen LogP contribution in [0.25, 0.3) is 0 Å². The molecule has 0 N–H and O–H groups in total. The number of nitrogens with zero attached hydrogens (tertiary/aromatic N) is 4. The summed E-state index contributed by atoms with van der Waals surface area (Å²) in [5.41, 5.74) is 0. The van der Waals surface area contributed by atoms with E-state index in [0.717, 1.165) is 49.3 Å². The summed E-state index contributed by atoms with van der Waals surface area (Å²) in [6.45, 7) is 1.61. The van der Waals surface area contributed by atoms with Gasteiger partial charge in [-0.15, -0.1) is 10.2 Å². The third kappa shape index (κ3) is 2.36. The zero-order valence-corrected chi connectivity index (χ0v) is 12.8. The molecule has 4 rings (SSSR count). The molecule has 1 aromatic rings. The van der Waals surface area contributed by atoms with Crippen LogP contribution in [0.2, 0.25) is 0 Å². The standard InChI is InChI=1S/C16H24N4O/c1-19(10-15-18-17-14-3-2-6-20(14)15)16(21)9-13-8-11-4-5-12(13)7-11/h11-13H,2-10H2,1H3/t11-,12-,13-/m0/s1. The highest BCUT2D eigenvalue weighted by Gasteiger charge is 2.40. The van der Waals surface area contributed by atoms with Crippen molar-refractivity contribution in [3.05, 3.63) is 11.6 Å². The van der Waals surface area contributed by atoms with Crippen LogP contribution in [-0.2, 0) is 24.3 Å². The quantitative estimate of drug-likeness (QED) is 0.851. The van der Waals surface area contributed by atoms with Gasteiger partial charge in [0.15, 0.2) is 5.82 Å². The van der Waals surface area contributed by atoms with E-state index in [1.165, 1.54) is 25.7 Å². The summed E-state index contributed by atoms with van der Waals surface area (Å²) in [6, 6.07) is 0. The third-order valence-electron chi connectivity index (χ3n) is 5.81. The second kappa shape index (κ2) is 5.11. The molecule has 0 spiro atoms. The van der Waals surface area contributed by atoms with Crippen molar-refractivity contribution in [1.29, 1.82) is 0 Å². The Hall–Kier alpha value is -1.39. The van der Waals surface area contributed by atoms with Crippen LogP contribution in [0.5, 0.6) is 0 Å². The van der Waals surface area contributed by atoms with Gasteiger partial charge in [-0.05, 0) is 43.4 Å². The van der Waals surface area contributed by atoms with Gasteiger partial charge in [0.25, 0.3) is 0 Å². The minimum atomic E-state index is 0.280. The summed E-state index contributed by atoms with van der Waals surface area (Å²) in [4.78, 5) is 14.3. The van der Waals surface area contributed by atoms with Crippen molar-refractivity contribution in [2.24, 2.45) is 17.8 Å². The third-order valence-corrected chi connectivity index (χ3v) is 5.81. The molecule has 0 saturated heterocycles. The first kappa shape index (κ1) is 13.3. The predicted octanol–water partition coefficient (Wildman–Crippen LogP) is 2.01. The van der Waals surface area contributed by atoms with Crippen LogP contribution in [0.3, 0.4) is 0 Å². The van der Waals surface area contributed by atoms with E-state index in [4.69, 9.17) is 0 Å². The highest BCUT2D eigenvalue weighted by molar-refractivity contribution is 5.76. The first-order valence-electron chi connectivity index (χ1n) is 8.35. The van der Waals surface area contributed by atoms with E-state index in [2.05, 4.69) is 14.8 Å². The number of fused-ring (bicyclic) bond motifs is 3. The van der Waals surface area contributed by atoms with Gasteiger partial charge in [0.2, 0.25) is 5.91 Å². The molecule has 5 nitrogen and oxygen atoms in total. The van der Waals surface area contributed by atoms with Gasteiger partial charge in [-0.1, -0.05) is 6.42 Å². The van der Waals surface area contributed by atoms with Gasteiger partial charge in [-0.25, -0.2) is 0 Å². The fraction of sp³-hybridized carbons (Fsp3) is 0.812. The average Bonchev–Trinajstić information content (AvgIpc) is 3.19. The number of carbonyl (C=O) groups is 1. The van der Waals surface area contributed by atoms with E-state index in [1.807, 2.05) is 11.9 Å². The highest BCUT2D eigenvalue weighted by Crippen LogP contribution is 2.49. The maximum atomic E-state index is 12.5. The lowest BCUT2D eigenvalue weighted by Gasteiger charge is -2.24. The number of aromatic nitrogens is 3. The van der Waals surface area contributed by atoms with Crippen molar-refractivity contribution in [2.75, 3.05) is 7.05 Å². The maximum Gasteiger partial charge on any atom is 0.223 e. The second-order valence-electron chi connectivity index (χ2n) is 7.18. The molecule has 114 valence electrons. The van der Waals surface area contributed by atoms with Crippen molar-refractivity contribution in [3.8, 4) is 0 Å². The number of amides is 1. The number of aryl methyl sites for hydroxylation is 1. The van der Waals surface area contributed by atoms with Crippen LogP contribution in [0.15, 0.2) is 0 Å². The summed E-state index contributed by atoms with van der Waals surface area (Å²) < 4.78 is 2.18. The van der Waals surface area contributed by atoms with Gasteiger partial charge in [-0.3, -0.25) is 4.79 Å². The van der Waals surface area contributed by atoms with Crippen molar-refractivity contribution in [1.82, 2.24) is 19.7 Å². The van der Waals surface area contributed by atoms with Gasteiger partial charge in [0.05, 0.1) is 6.54 Å². The Morgan fingerprint density at radius 3 is 3.00 bits per heavy atom. The lowest BCUT2D eigenvalue weighted by Crippen LogP contribution is -2.30. The Morgan fingerprint density at radius 2 is 2.24 bits per heavy atom. The summed E-state index contributed by atoms with van der Waals surface area (Å²) in [7, 11) is 1.91. The van der Waals surface area contributed by atoms with Gasteiger partial charge in [0, 0.05) is 26.4 Å². The van der Waals surface area contributed by atoms with Crippen molar-refractivity contribution in [3.63, 3.8) is 0 Å². The molecule has 2 heterocycles. The summed E-state index contributed by atoms with van der Waals surface area (Å²) >= 11 is 0. The number of hydrogen-bond donors (Lipinski definition) is 0. The largest absolute Gasteiger partial charge is 0.338 e. The molecule has 21 heavy (non-hydrogen) atoms. The van der Waals surface area contributed by atoms with E-state index in [9.17, 15) is 4.79 Å². The molecule has 2 saturated carbocycles. The molecule has 3 atom stereocenters. The van der Waals surface area contributed by atoms with E-state index < -0.39 is 0 Å². The van der Waals surface area contributed by atoms with Crippen LogP contribution < -0.4 is 0 Å². The van der Waals surface area contributed by atoms with Gasteiger partial charge < -0.3 is 9.47 Å². The minimum absolute atomic E-state index is 0.280. The van der Waals surface area contributed by atoms with E-state index in [1.54, 1.807) is 0 Å². The normalized spacial score (nSPS) is 29.9. The van der Waals surface area contributed by atoms with E-state index in [-0.39, 0.29) is 5.91 Å². The van der Waals surface area contributed by atoms with Crippen molar-refractivity contribution in [2.45, 2.75) is 58.0 Å². The molecule has 2 fully saturated rings. The molecule has 5 heteroatoms. The molecule has 0 unspecified atom stereocenters. The van der Waals surface area contributed by atoms with Crippen LogP contribution in [0, 0.1) is 17.8 Å². The van der Waals surface area contributed by atoms with E-state index >= 15 is 0 Å². The SMILES string of the molecule is CN(Cc1nnc2n1CCC2)C(=O)C[C@@H]1C[C@H]2CC[C@H]1C2. The lowest BCUT2D eigenvalue weighted by atomic mass is 9.86. The highest BCUT2D eigenvalue weighted by atomic mass is 16.2. The molecule has 1 aliphatic heterocycles. The molecule has 0 aromatic carbocycles. The van der Waals surface area contributed by atoms with Crippen LogP contribution in [0.1, 0.15) is 50.2 Å². The van der Waals surface area contributed by atoms with E-state index in [0.29, 0.717) is 12.5 Å². The fourth-order valence-corrected chi connectivity index (χ4v) is 4.63. The number of carbonyl (C=O) groups excluding carboxylic acids is 1. The summed E-state index contributed by atoms with van der Waals surface area (Å²) in [6.07, 6.45) is 8.32. The monoisotopic (exact) mass is 288 g/mol. The fourth-order valence-electron chi connectivity index (χ4n) is 4.63. The smallest absolute Gasteiger partial charge is 0.223 e. The zero-order valence-electron chi connectivity index (χ0n) is 12.8. The van der Waals surface area contributed by atoms with Gasteiger partial charge >= 0.3 is 0 Å². The van der Waals surface area contributed by atoms with Crippen LogP contribution >= 0.6 is 0 Å². The molecular formula is C16H24N4O. The number of rotatable bonds is 4. The Morgan fingerprint density at radius 1 is 1.33 bits per heavy atom. The van der Waals surface area contributed by atoms with Crippen LogP contribution in [-0.4, -0.2) is 32.6 Å². The first-order chi connectivity index (χ1) is 10.2. The Kier molecular flexibility index (Phi) is 3.23. The Bertz CT molecular complexity index is 552. The molecule has 2 bridgehead atoms. The lowest BCUT2D eigenvalue weighted by molar-refractivity contribution is -0.132. The van der Waals surface area contributed by atoms with Gasteiger partial charge in [-0.2, -0.15) is 0 Å². The molecule has 1 aromatic heterocycles. The van der Waals surface area contributed by atoms with Crippen LogP contribution in [0.4, 0.5) is 0 Å². The summed E-state index contributed by atoms with van der Waals surface area (Å²) in [5, 5.41) is 8.47. The van der Waals surface area contributed by atoms with Crippen molar-refractivity contribution >= 4 is 5.91 Å². The molecule has 0 radical (unpaired) electrons. The van der Waals surface area contributed by atoms with Crippen molar-refractivity contribution < 1.29 is 4.79 Å². The zero-order chi connectivity index (χ0) is 14.4. The average molecular weight is 288 g/mol. The maximum absolute atomic E-state index is 12.5. The summed E-state index contributed by atoms with van der Waals surface area (Å²) in [5.74, 6) is 4.69. The van der Waals surface area contributed by atoms with Gasteiger partial charge in [0.1, 0.15) is 5.82 Å². The topological polar surface area (TPSA) is 51.0 Å². The Balaban J connectivity index is 1.36. The molecule has 1 amide bonds. The number of hydrogen-bond acceptors (Lipinski definition) is 3. The Labute approximate surface area is 125 Å². The second-order valence-corrected chi connectivity index (χ2v) is 7.18.